The van der Waals surface area contributed by atoms with Crippen LogP contribution in [0, 0.1) is 11.7 Å². The van der Waals surface area contributed by atoms with Crippen molar-refractivity contribution in [1.29, 1.82) is 0 Å². The molecule has 5 heteroatoms. The highest BCUT2D eigenvalue weighted by atomic mass is 19.1. The van der Waals surface area contributed by atoms with E-state index < -0.39 is 0 Å². The summed E-state index contributed by atoms with van der Waals surface area (Å²) in [5.74, 6) is 0.546. The van der Waals surface area contributed by atoms with Crippen LogP contribution < -0.4 is 15.4 Å². The Labute approximate surface area is 131 Å². The zero-order chi connectivity index (χ0) is 15.8. The molecule has 1 aromatic carbocycles. The van der Waals surface area contributed by atoms with Gasteiger partial charge in [-0.1, -0.05) is 6.07 Å². The van der Waals surface area contributed by atoms with Crippen LogP contribution in [-0.4, -0.2) is 32.7 Å². The summed E-state index contributed by atoms with van der Waals surface area (Å²) in [5, 5.41) is 6.33. The molecule has 4 nitrogen and oxygen atoms in total. The number of amides is 1. The van der Waals surface area contributed by atoms with Crippen LogP contribution in [0.25, 0.3) is 0 Å². The Morgan fingerprint density at radius 1 is 1.50 bits per heavy atom. The van der Waals surface area contributed by atoms with Crippen LogP contribution in [0.5, 0.6) is 5.75 Å². The first kappa shape index (κ1) is 16.7. The fraction of sp³-hybridized carbons (Fsp3) is 0.588. The molecular weight excluding hydrogens is 283 g/mol. The smallest absolute Gasteiger partial charge is 0.220 e. The molecule has 0 bridgehead atoms. The van der Waals surface area contributed by atoms with Crippen molar-refractivity contribution < 1.29 is 13.9 Å². The third kappa shape index (κ3) is 5.30. The summed E-state index contributed by atoms with van der Waals surface area (Å²) in [6.07, 6.45) is 4.41. The minimum Gasteiger partial charge on any atom is -0.494 e. The maximum Gasteiger partial charge on any atom is 0.220 e. The van der Waals surface area contributed by atoms with E-state index in [1.165, 1.54) is 26.0 Å². The zero-order valence-corrected chi connectivity index (χ0v) is 13.2. The molecule has 1 amide bonds. The van der Waals surface area contributed by atoms with E-state index >= 15 is 0 Å². The van der Waals surface area contributed by atoms with Crippen LogP contribution in [0.3, 0.4) is 0 Å². The number of hydrogen-bond donors (Lipinski definition) is 2. The van der Waals surface area contributed by atoms with E-state index in [0.717, 1.165) is 31.6 Å². The van der Waals surface area contributed by atoms with Crippen molar-refractivity contribution in [3.8, 4) is 5.75 Å². The van der Waals surface area contributed by atoms with E-state index in [1.54, 1.807) is 12.1 Å². The van der Waals surface area contributed by atoms with E-state index in [-0.39, 0.29) is 17.5 Å². The Bertz CT molecular complexity index is 488. The van der Waals surface area contributed by atoms with Gasteiger partial charge in [0.2, 0.25) is 5.91 Å². The van der Waals surface area contributed by atoms with Crippen LogP contribution in [0.1, 0.15) is 31.2 Å². The maximum atomic E-state index is 13.6. The van der Waals surface area contributed by atoms with Gasteiger partial charge in [0.1, 0.15) is 0 Å². The number of methoxy groups -OCH3 is 1. The van der Waals surface area contributed by atoms with Crippen molar-refractivity contribution in [1.82, 2.24) is 10.6 Å². The molecule has 22 heavy (non-hydrogen) atoms. The molecule has 0 radical (unpaired) electrons. The Kier molecular flexibility index (Phi) is 6.65. The van der Waals surface area contributed by atoms with Crippen LogP contribution >= 0.6 is 0 Å². The molecule has 1 atom stereocenters. The van der Waals surface area contributed by atoms with Gasteiger partial charge in [0.15, 0.2) is 11.6 Å². The second-order valence-corrected chi connectivity index (χ2v) is 5.82. The van der Waals surface area contributed by atoms with Gasteiger partial charge in [-0.25, -0.2) is 4.39 Å². The molecule has 1 fully saturated rings. The zero-order valence-electron chi connectivity index (χ0n) is 13.2. The number of rotatable bonds is 7. The lowest BCUT2D eigenvalue weighted by Gasteiger charge is -2.22. The normalized spacial score (nSPS) is 18.0. The van der Waals surface area contributed by atoms with Gasteiger partial charge in [-0.05, 0) is 62.4 Å². The summed E-state index contributed by atoms with van der Waals surface area (Å²) in [6, 6.07) is 4.82. The topological polar surface area (TPSA) is 50.4 Å². The SMILES string of the molecule is COc1ccc(CCC(=O)NCCC2CCCNC2)cc1F. The van der Waals surface area contributed by atoms with E-state index in [0.29, 0.717) is 18.8 Å². The monoisotopic (exact) mass is 308 g/mol. The Balaban J connectivity index is 1.65. The standard InChI is InChI=1S/C17H25FN2O2/c1-22-16-6-4-13(11-15(16)18)5-7-17(21)20-10-8-14-3-2-9-19-12-14/h4,6,11,14,19H,2-3,5,7-10,12H2,1H3,(H,20,21). The van der Waals surface area contributed by atoms with Crippen molar-refractivity contribution in [2.45, 2.75) is 32.1 Å². The van der Waals surface area contributed by atoms with Crippen molar-refractivity contribution in [3.05, 3.63) is 29.6 Å². The lowest BCUT2D eigenvalue weighted by atomic mass is 9.96. The van der Waals surface area contributed by atoms with Gasteiger partial charge in [0, 0.05) is 13.0 Å². The molecule has 1 heterocycles. The van der Waals surface area contributed by atoms with Gasteiger partial charge in [-0.2, -0.15) is 0 Å². The summed E-state index contributed by atoms with van der Waals surface area (Å²) in [6.45, 7) is 2.89. The second kappa shape index (κ2) is 8.73. The fourth-order valence-electron chi connectivity index (χ4n) is 2.80. The minimum atomic E-state index is -0.384. The number of nitrogens with one attached hydrogen (secondary N) is 2. The number of hydrogen-bond acceptors (Lipinski definition) is 3. The number of benzene rings is 1. The van der Waals surface area contributed by atoms with E-state index in [2.05, 4.69) is 10.6 Å². The number of piperidine rings is 1. The first-order valence-electron chi connectivity index (χ1n) is 7.99. The second-order valence-electron chi connectivity index (χ2n) is 5.82. The van der Waals surface area contributed by atoms with Crippen molar-refractivity contribution in [2.24, 2.45) is 5.92 Å². The highest BCUT2D eigenvalue weighted by Gasteiger charge is 2.13. The Morgan fingerprint density at radius 3 is 3.05 bits per heavy atom. The quantitative estimate of drug-likeness (QED) is 0.812. The molecule has 1 aliphatic rings. The van der Waals surface area contributed by atoms with Gasteiger partial charge < -0.3 is 15.4 Å². The van der Waals surface area contributed by atoms with E-state index in [4.69, 9.17) is 4.74 Å². The summed E-state index contributed by atoms with van der Waals surface area (Å²) in [4.78, 5) is 11.8. The van der Waals surface area contributed by atoms with Crippen molar-refractivity contribution in [2.75, 3.05) is 26.7 Å². The van der Waals surface area contributed by atoms with Gasteiger partial charge in [-0.3, -0.25) is 4.79 Å². The number of carbonyl (C=O) groups excluding carboxylic acids is 1. The Hall–Kier alpha value is -1.62. The van der Waals surface area contributed by atoms with Crippen molar-refractivity contribution >= 4 is 5.91 Å². The van der Waals surface area contributed by atoms with E-state index in [1.807, 2.05) is 0 Å². The predicted molar refractivity (Wildman–Crippen MR) is 84.5 cm³/mol. The molecule has 2 N–H and O–H groups in total. The minimum absolute atomic E-state index is 0.0278. The van der Waals surface area contributed by atoms with Crippen LogP contribution in [0.15, 0.2) is 18.2 Å². The predicted octanol–water partition coefficient (Wildman–Crippen LogP) is 2.27. The first-order chi connectivity index (χ1) is 10.7. The van der Waals surface area contributed by atoms with E-state index in [9.17, 15) is 9.18 Å². The Morgan fingerprint density at radius 2 is 2.36 bits per heavy atom. The molecule has 0 aromatic heterocycles. The summed E-state index contributed by atoms with van der Waals surface area (Å²) < 4.78 is 18.4. The molecule has 1 aromatic rings. The summed E-state index contributed by atoms with van der Waals surface area (Å²) in [5.41, 5.74) is 0.810. The molecular formula is C17H25FN2O2. The molecule has 2 rings (SSSR count). The molecule has 0 spiro atoms. The molecule has 1 saturated heterocycles. The largest absolute Gasteiger partial charge is 0.494 e. The number of aryl methyl sites for hydroxylation is 1. The first-order valence-corrected chi connectivity index (χ1v) is 7.99. The number of ether oxygens (including phenoxy) is 1. The lowest BCUT2D eigenvalue weighted by molar-refractivity contribution is -0.121. The highest BCUT2D eigenvalue weighted by Crippen LogP contribution is 2.18. The number of carbonyl (C=O) groups is 1. The molecule has 1 aliphatic heterocycles. The van der Waals surface area contributed by atoms with Crippen LogP contribution in [0.2, 0.25) is 0 Å². The van der Waals surface area contributed by atoms with Crippen LogP contribution in [0.4, 0.5) is 4.39 Å². The van der Waals surface area contributed by atoms with Crippen molar-refractivity contribution in [3.63, 3.8) is 0 Å². The van der Waals surface area contributed by atoms with Gasteiger partial charge in [-0.15, -0.1) is 0 Å². The average molecular weight is 308 g/mol. The van der Waals surface area contributed by atoms with Gasteiger partial charge in [0.25, 0.3) is 0 Å². The molecule has 0 aliphatic carbocycles. The average Bonchev–Trinajstić information content (AvgIpc) is 2.54. The van der Waals surface area contributed by atoms with Gasteiger partial charge in [0.05, 0.1) is 7.11 Å². The third-order valence-corrected chi connectivity index (χ3v) is 4.13. The lowest BCUT2D eigenvalue weighted by Crippen LogP contribution is -2.33. The summed E-state index contributed by atoms with van der Waals surface area (Å²) in [7, 11) is 1.44. The summed E-state index contributed by atoms with van der Waals surface area (Å²) >= 11 is 0. The van der Waals surface area contributed by atoms with Crippen LogP contribution in [-0.2, 0) is 11.2 Å². The third-order valence-electron chi connectivity index (χ3n) is 4.13. The molecule has 1 unspecified atom stereocenters. The van der Waals surface area contributed by atoms with Gasteiger partial charge >= 0.3 is 0 Å². The highest BCUT2D eigenvalue weighted by molar-refractivity contribution is 5.76. The fourth-order valence-corrected chi connectivity index (χ4v) is 2.80. The maximum absolute atomic E-state index is 13.6. The number of halogens is 1. The molecule has 0 saturated carbocycles. The molecule has 122 valence electrons.